The Balaban J connectivity index is 1.34. The molecule has 32 heavy (non-hydrogen) atoms. The minimum atomic E-state index is -0.254. The molecular weight excluding hydrogens is 422 g/mol. The van der Waals surface area contributed by atoms with E-state index in [-0.39, 0.29) is 18.2 Å². The molecule has 6 nitrogen and oxygen atoms in total. The lowest BCUT2D eigenvalue weighted by molar-refractivity contribution is -0.129. The van der Waals surface area contributed by atoms with Crippen LogP contribution >= 0.6 is 11.8 Å². The van der Waals surface area contributed by atoms with Crippen LogP contribution < -0.4 is 5.69 Å². The summed E-state index contributed by atoms with van der Waals surface area (Å²) in [6, 6.07) is 10.6. The van der Waals surface area contributed by atoms with Gasteiger partial charge in [-0.1, -0.05) is 42.1 Å². The summed E-state index contributed by atoms with van der Waals surface area (Å²) in [4.78, 5) is 31.8. The smallest absolute Gasteiger partial charge is 0.348 e. The Morgan fingerprint density at radius 2 is 1.88 bits per heavy atom. The third-order valence-electron chi connectivity index (χ3n) is 6.66. The van der Waals surface area contributed by atoms with Crippen LogP contribution in [0.4, 0.5) is 0 Å². The Morgan fingerprint density at radius 1 is 1.12 bits per heavy atom. The van der Waals surface area contributed by atoms with Crippen LogP contribution in [-0.4, -0.2) is 50.9 Å². The molecule has 172 valence electrons. The van der Waals surface area contributed by atoms with Crippen LogP contribution in [0.15, 0.2) is 40.2 Å². The molecule has 2 aromatic rings. The molecule has 0 bridgehead atoms. The first-order valence-electron chi connectivity index (χ1n) is 11.8. The number of likely N-dealkylation sites (tertiary alicyclic amines) is 1. The van der Waals surface area contributed by atoms with E-state index in [0.717, 1.165) is 74.3 Å². The Kier molecular flexibility index (Phi) is 8.03. The second kappa shape index (κ2) is 11.1. The Hall–Kier alpha value is -2.12. The summed E-state index contributed by atoms with van der Waals surface area (Å²) in [6.45, 7) is 2.19. The first-order valence-corrected chi connectivity index (χ1v) is 12.8. The number of carbonyl (C=O) groups is 1. The number of aliphatic hydroxyl groups excluding tert-OH is 1. The number of piperidine rings is 1. The van der Waals surface area contributed by atoms with Crippen molar-refractivity contribution in [2.24, 2.45) is 5.92 Å². The third-order valence-corrected chi connectivity index (χ3v) is 7.66. The molecule has 1 aromatic carbocycles. The van der Waals surface area contributed by atoms with Crippen molar-refractivity contribution in [2.45, 2.75) is 62.9 Å². The predicted molar refractivity (Wildman–Crippen MR) is 127 cm³/mol. The van der Waals surface area contributed by atoms with Gasteiger partial charge in [0.15, 0.2) is 0 Å². The van der Waals surface area contributed by atoms with Gasteiger partial charge in [0, 0.05) is 37.5 Å². The van der Waals surface area contributed by atoms with E-state index in [1.54, 1.807) is 4.57 Å². The number of rotatable bonds is 8. The molecule has 7 heteroatoms. The first kappa shape index (κ1) is 23.1. The van der Waals surface area contributed by atoms with Crippen LogP contribution in [0, 0.1) is 5.92 Å². The maximum atomic E-state index is 12.9. The molecule has 2 aliphatic rings. The number of aliphatic hydroxyl groups is 1. The summed E-state index contributed by atoms with van der Waals surface area (Å²) < 4.78 is 1.73. The minimum absolute atomic E-state index is 0.0637. The van der Waals surface area contributed by atoms with E-state index >= 15 is 0 Å². The molecule has 1 aliphatic heterocycles. The van der Waals surface area contributed by atoms with Crippen molar-refractivity contribution in [1.29, 1.82) is 0 Å². The fourth-order valence-electron chi connectivity index (χ4n) is 4.88. The maximum absolute atomic E-state index is 12.9. The largest absolute Gasteiger partial charge is 0.396 e. The molecule has 1 amide bonds. The molecule has 1 N–H and O–H groups in total. The van der Waals surface area contributed by atoms with E-state index < -0.39 is 0 Å². The lowest BCUT2D eigenvalue weighted by atomic mass is 9.90. The molecule has 1 aromatic heterocycles. The third kappa shape index (κ3) is 5.62. The fraction of sp³-hybridized carbons (Fsp3) is 0.560. The molecule has 4 rings (SSSR count). The summed E-state index contributed by atoms with van der Waals surface area (Å²) in [5, 5.41) is 9.89. The SMILES string of the molecule is O=C(CSc1nc(=O)n(CCCO)c2c1CCCC2)N1CCC(Cc2ccccc2)CC1. The van der Waals surface area contributed by atoms with Crippen molar-refractivity contribution in [1.82, 2.24) is 14.5 Å². The normalized spacial score (nSPS) is 16.7. The van der Waals surface area contributed by atoms with Gasteiger partial charge in [0.05, 0.1) is 5.75 Å². The van der Waals surface area contributed by atoms with Crippen molar-refractivity contribution < 1.29 is 9.90 Å². The molecule has 1 aliphatic carbocycles. The van der Waals surface area contributed by atoms with Gasteiger partial charge in [0.25, 0.3) is 0 Å². The van der Waals surface area contributed by atoms with E-state index in [1.165, 1.54) is 17.3 Å². The van der Waals surface area contributed by atoms with Gasteiger partial charge in [-0.3, -0.25) is 9.36 Å². The first-order chi connectivity index (χ1) is 15.7. The summed E-state index contributed by atoms with van der Waals surface area (Å²) in [5.41, 5.74) is 3.31. The summed E-state index contributed by atoms with van der Waals surface area (Å²) in [6.07, 6.45) is 7.65. The topological polar surface area (TPSA) is 75.4 Å². The number of amides is 1. The lowest BCUT2D eigenvalue weighted by Crippen LogP contribution is -2.40. The van der Waals surface area contributed by atoms with Crippen molar-refractivity contribution >= 4 is 17.7 Å². The Morgan fingerprint density at radius 3 is 2.62 bits per heavy atom. The molecule has 0 spiro atoms. The number of carbonyl (C=O) groups excluding carboxylic acids is 1. The Bertz CT molecular complexity index is 968. The van der Waals surface area contributed by atoms with Crippen LogP contribution in [0.5, 0.6) is 0 Å². The molecule has 0 saturated carbocycles. The van der Waals surface area contributed by atoms with Crippen LogP contribution in [-0.2, 0) is 30.6 Å². The summed E-state index contributed by atoms with van der Waals surface area (Å²) >= 11 is 1.42. The molecule has 1 fully saturated rings. The average Bonchev–Trinajstić information content (AvgIpc) is 2.83. The number of nitrogens with zero attached hydrogens (tertiary/aromatic N) is 3. The average molecular weight is 456 g/mol. The van der Waals surface area contributed by atoms with E-state index in [1.807, 2.05) is 11.0 Å². The zero-order chi connectivity index (χ0) is 22.3. The molecule has 2 heterocycles. The number of fused-ring (bicyclic) bond motifs is 1. The van der Waals surface area contributed by atoms with Crippen LogP contribution in [0.25, 0.3) is 0 Å². The number of aromatic nitrogens is 2. The van der Waals surface area contributed by atoms with Gasteiger partial charge in [0.2, 0.25) is 5.91 Å². The van der Waals surface area contributed by atoms with Gasteiger partial charge < -0.3 is 10.0 Å². The Labute approximate surface area is 194 Å². The van der Waals surface area contributed by atoms with Crippen LogP contribution in [0.1, 0.15) is 48.9 Å². The van der Waals surface area contributed by atoms with Crippen molar-refractivity contribution in [3.8, 4) is 0 Å². The van der Waals surface area contributed by atoms with E-state index in [9.17, 15) is 9.59 Å². The predicted octanol–water partition coefficient (Wildman–Crippen LogP) is 3.08. The van der Waals surface area contributed by atoms with Crippen LogP contribution in [0.3, 0.4) is 0 Å². The zero-order valence-corrected chi connectivity index (χ0v) is 19.5. The maximum Gasteiger partial charge on any atom is 0.348 e. The summed E-state index contributed by atoms with van der Waals surface area (Å²) in [5.74, 6) is 1.11. The number of hydrogen-bond donors (Lipinski definition) is 1. The molecular formula is C25H33N3O3S. The van der Waals surface area contributed by atoms with E-state index in [0.29, 0.717) is 24.6 Å². The van der Waals surface area contributed by atoms with E-state index in [2.05, 4.69) is 29.2 Å². The van der Waals surface area contributed by atoms with Crippen LogP contribution in [0.2, 0.25) is 0 Å². The second-order valence-corrected chi connectivity index (χ2v) is 9.83. The van der Waals surface area contributed by atoms with Crippen molar-refractivity contribution in [2.75, 3.05) is 25.4 Å². The minimum Gasteiger partial charge on any atom is -0.396 e. The number of benzene rings is 1. The van der Waals surface area contributed by atoms with Gasteiger partial charge in [-0.25, -0.2) is 4.79 Å². The summed E-state index contributed by atoms with van der Waals surface area (Å²) in [7, 11) is 0. The number of thioether (sulfide) groups is 1. The highest BCUT2D eigenvalue weighted by atomic mass is 32.2. The van der Waals surface area contributed by atoms with Crippen molar-refractivity contribution in [3.05, 3.63) is 57.6 Å². The second-order valence-electron chi connectivity index (χ2n) is 8.86. The van der Waals surface area contributed by atoms with Gasteiger partial charge in [-0.05, 0) is 62.8 Å². The molecule has 1 saturated heterocycles. The van der Waals surface area contributed by atoms with Gasteiger partial charge >= 0.3 is 5.69 Å². The van der Waals surface area contributed by atoms with E-state index in [4.69, 9.17) is 5.11 Å². The highest BCUT2D eigenvalue weighted by molar-refractivity contribution is 7.99. The fourth-order valence-corrected chi connectivity index (χ4v) is 5.86. The van der Waals surface area contributed by atoms with Gasteiger partial charge in [0.1, 0.15) is 5.03 Å². The highest BCUT2D eigenvalue weighted by Crippen LogP contribution is 2.29. The highest BCUT2D eigenvalue weighted by Gasteiger charge is 2.25. The molecule has 0 unspecified atom stereocenters. The van der Waals surface area contributed by atoms with Gasteiger partial charge in [-0.2, -0.15) is 4.98 Å². The molecule has 0 radical (unpaired) electrons. The van der Waals surface area contributed by atoms with Crippen molar-refractivity contribution in [3.63, 3.8) is 0 Å². The lowest BCUT2D eigenvalue weighted by Gasteiger charge is -2.32. The zero-order valence-electron chi connectivity index (χ0n) is 18.7. The van der Waals surface area contributed by atoms with Gasteiger partial charge in [-0.15, -0.1) is 0 Å². The monoisotopic (exact) mass is 455 g/mol. The quantitative estimate of drug-likeness (QED) is 0.489. The number of hydrogen-bond acceptors (Lipinski definition) is 5. The standard InChI is InChI=1S/C25H33N3O3S/c29-16-6-13-28-22-10-5-4-9-21(22)24(26-25(28)31)32-18-23(30)27-14-11-20(12-15-27)17-19-7-2-1-3-8-19/h1-3,7-8,20,29H,4-6,9-18H2. The molecule has 0 atom stereocenters.